The van der Waals surface area contributed by atoms with Gasteiger partial charge in [0, 0.05) is 31.2 Å². The molecule has 0 radical (unpaired) electrons. The third-order valence-corrected chi connectivity index (χ3v) is 7.64. The second-order valence-electron chi connectivity index (χ2n) is 9.45. The SMILES string of the molecule is C[N+]1(CCCc2ccncn2)CCCC1C(OC=O)C1(O)c2ccccc2-c2ccccc21. The van der Waals surface area contributed by atoms with Crippen molar-refractivity contribution in [2.75, 3.05) is 20.1 Å². The molecule has 1 aliphatic heterocycles. The Bertz CT molecular complexity index is 1090. The number of fused-ring (bicyclic) bond motifs is 3. The summed E-state index contributed by atoms with van der Waals surface area (Å²) >= 11 is 0. The molecule has 3 unspecified atom stereocenters. The molecular formula is C27H30N3O3+. The fourth-order valence-corrected chi connectivity index (χ4v) is 6.06. The first-order chi connectivity index (χ1) is 16.1. The summed E-state index contributed by atoms with van der Waals surface area (Å²) in [7, 11) is 2.23. The highest BCUT2D eigenvalue weighted by atomic mass is 16.5. The van der Waals surface area contributed by atoms with Crippen molar-refractivity contribution in [1.29, 1.82) is 0 Å². The van der Waals surface area contributed by atoms with E-state index in [1.807, 2.05) is 54.6 Å². The van der Waals surface area contributed by atoms with Crippen molar-refractivity contribution in [3.63, 3.8) is 0 Å². The quantitative estimate of drug-likeness (QED) is 0.425. The maximum atomic E-state index is 12.4. The van der Waals surface area contributed by atoms with Gasteiger partial charge in [-0.05, 0) is 34.7 Å². The number of aryl methyl sites for hydroxylation is 1. The lowest BCUT2D eigenvalue weighted by molar-refractivity contribution is -0.925. The normalized spacial score (nSPS) is 23.5. The fourth-order valence-electron chi connectivity index (χ4n) is 6.06. The van der Waals surface area contributed by atoms with Crippen molar-refractivity contribution in [3.05, 3.63) is 83.9 Å². The van der Waals surface area contributed by atoms with Gasteiger partial charge in [-0.25, -0.2) is 9.97 Å². The predicted molar refractivity (Wildman–Crippen MR) is 125 cm³/mol. The standard InChI is InChI=1S/C27H30N3O3/c1-30(16-6-8-20-14-15-28-18-29-20)17-7-13-25(30)26(33-19-31)27(32)23-11-4-2-9-21(23)22-10-3-5-12-24(22)27/h2-5,9-12,14-15,18-19,25-26,32H,6-8,13,16-17H2,1H3/q+1. The van der Waals surface area contributed by atoms with E-state index in [9.17, 15) is 9.90 Å². The Balaban J connectivity index is 1.48. The smallest absolute Gasteiger partial charge is 0.293 e. The van der Waals surface area contributed by atoms with Crippen molar-refractivity contribution in [2.45, 2.75) is 43.4 Å². The maximum absolute atomic E-state index is 12.4. The largest absolute Gasteiger partial charge is 0.454 e. The molecule has 2 heterocycles. The first-order valence-electron chi connectivity index (χ1n) is 11.7. The number of quaternary nitrogens is 1. The highest BCUT2D eigenvalue weighted by Gasteiger charge is 2.57. The van der Waals surface area contributed by atoms with Crippen LogP contribution >= 0.6 is 0 Å². The van der Waals surface area contributed by atoms with Crippen LogP contribution in [0.5, 0.6) is 0 Å². The number of aliphatic hydroxyl groups is 1. The average Bonchev–Trinajstić information content (AvgIpc) is 3.35. The number of rotatable bonds is 8. The molecule has 3 atom stereocenters. The van der Waals surface area contributed by atoms with E-state index in [1.165, 1.54) is 0 Å². The van der Waals surface area contributed by atoms with Crippen LogP contribution in [0.3, 0.4) is 0 Å². The molecule has 0 amide bonds. The lowest BCUT2D eigenvalue weighted by atomic mass is 9.81. The number of nitrogens with zero attached hydrogens (tertiary/aromatic N) is 3. The lowest BCUT2D eigenvalue weighted by Crippen LogP contribution is -2.60. The van der Waals surface area contributed by atoms with E-state index in [1.54, 1.807) is 12.5 Å². The third-order valence-electron chi connectivity index (χ3n) is 7.64. The van der Waals surface area contributed by atoms with Gasteiger partial charge in [0.25, 0.3) is 6.47 Å². The summed E-state index contributed by atoms with van der Waals surface area (Å²) in [5, 5.41) is 12.4. The monoisotopic (exact) mass is 444 g/mol. The molecule has 1 aromatic heterocycles. The Morgan fingerprint density at radius 1 is 1.15 bits per heavy atom. The predicted octanol–water partition coefficient (Wildman–Crippen LogP) is 3.48. The number of carbonyl (C=O) groups excluding carboxylic acids is 1. The van der Waals surface area contributed by atoms with Gasteiger partial charge in [-0.1, -0.05) is 48.5 Å². The van der Waals surface area contributed by atoms with Crippen molar-refractivity contribution in [2.24, 2.45) is 0 Å². The van der Waals surface area contributed by atoms with Gasteiger partial charge in [-0.2, -0.15) is 0 Å². The molecule has 170 valence electrons. The van der Waals surface area contributed by atoms with E-state index in [0.717, 1.165) is 71.2 Å². The highest BCUT2D eigenvalue weighted by molar-refractivity contribution is 5.80. The van der Waals surface area contributed by atoms with Crippen LogP contribution in [0.1, 0.15) is 36.1 Å². The van der Waals surface area contributed by atoms with Crippen LogP contribution < -0.4 is 0 Å². The molecular weight excluding hydrogens is 414 g/mol. The molecule has 0 saturated carbocycles. The molecule has 6 heteroatoms. The van der Waals surface area contributed by atoms with Gasteiger partial charge in [0.1, 0.15) is 12.4 Å². The van der Waals surface area contributed by atoms with E-state index < -0.39 is 11.7 Å². The summed E-state index contributed by atoms with van der Waals surface area (Å²) in [6.45, 7) is 2.43. The van der Waals surface area contributed by atoms with Crippen LogP contribution in [-0.2, 0) is 21.6 Å². The Labute approximate surface area is 194 Å². The molecule has 6 nitrogen and oxygen atoms in total. The Hall–Kier alpha value is -3.09. The minimum Gasteiger partial charge on any atom is -0.454 e. The molecule has 5 rings (SSSR count). The second kappa shape index (κ2) is 8.69. The fraction of sp³-hybridized carbons (Fsp3) is 0.370. The van der Waals surface area contributed by atoms with Gasteiger partial charge in [0.05, 0.1) is 20.1 Å². The van der Waals surface area contributed by atoms with Crippen LogP contribution in [0.15, 0.2) is 67.1 Å². The van der Waals surface area contributed by atoms with Crippen molar-refractivity contribution in [1.82, 2.24) is 9.97 Å². The van der Waals surface area contributed by atoms with E-state index in [2.05, 4.69) is 17.0 Å². The highest BCUT2D eigenvalue weighted by Crippen LogP contribution is 2.52. The van der Waals surface area contributed by atoms with Crippen LogP contribution in [0.2, 0.25) is 0 Å². The molecule has 2 aromatic carbocycles. The Morgan fingerprint density at radius 3 is 2.48 bits per heavy atom. The molecule has 3 aromatic rings. The summed E-state index contributed by atoms with van der Waals surface area (Å²) in [6, 6.07) is 17.8. The van der Waals surface area contributed by atoms with Crippen LogP contribution in [0.4, 0.5) is 0 Å². The number of hydrogen-bond donors (Lipinski definition) is 1. The van der Waals surface area contributed by atoms with E-state index >= 15 is 0 Å². The average molecular weight is 445 g/mol. The molecule has 1 fully saturated rings. The number of benzene rings is 2. The molecule has 1 aliphatic carbocycles. The number of carbonyl (C=O) groups is 1. The molecule has 1 saturated heterocycles. The summed E-state index contributed by atoms with van der Waals surface area (Å²) < 4.78 is 6.58. The zero-order chi connectivity index (χ0) is 22.9. The molecule has 0 spiro atoms. The molecule has 33 heavy (non-hydrogen) atoms. The summed E-state index contributed by atoms with van der Waals surface area (Å²) in [5.74, 6) is 0. The third kappa shape index (κ3) is 3.63. The molecule has 1 N–H and O–H groups in total. The topological polar surface area (TPSA) is 72.3 Å². The summed E-state index contributed by atoms with van der Waals surface area (Å²) in [4.78, 5) is 20.1. The molecule has 2 aliphatic rings. The summed E-state index contributed by atoms with van der Waals surface area (Å²) in [6.07, 6.45) is 6.45. The summed E-state index contributed by atoms with van der Waals surface area (Å²) in [5.41, 5.74) is 3.30. The number of hydrogen-bond acceptors (Lipinski definition) is 5. The van der Waals surface area contributed by atoms with E-state index in [0.29, 0.717) is 6.47 Å². The van der Waals surface area contributed by atoms with Gasteiger partial charge >= 0.3 is 0 Å². The van der Waals surface area contributed by atoms with Crippen molar-refractivity contribution < 1.29 is 19.1 Å². The van der Waals surface area contributed by atoms with Gasteiger partial charge in [0.2, 0.25) is 0 Å². The molecule has 0 bridgehead atoms. The minimum atomic E-state index is -1.38. The van der Waals surface area contributed by atoms with Gasteiger partial charge in [-0.3, -0.25) is 4.79 Å². The number of ether oxygens (including phenoxy) is 1. The van der Waals surface area contributed by atoms with Crippen LogP contribution in [-0.4, -0.2) is 58.3 Å². The van der Waals surface area contributed by atoms with Crippen molar-refractivity contribution >= 4 is 6.47 Å². The first-order valence-corrected chi connectivity index (χ1v) is 11.7. The Morgan fingerprint density at radius 2 is 1.85 bits per heavy atom. The number of aromatic nitrogens is 2. The Kier molecular flexibility index (Phi) is 5.72. The second-order valence-corrected chi connectivity index (χ2v) is 9.45. The zero-order valence-corrected chi connectivity index (χ0v) is 18.9. The maximum Gasteiger partial charge on any atom is 0.293 e. The first kappa shape index (κ1) is 21.7. The van der Waals surface area contributed by atoms with Gasteiger partial charge in [-0.15, -0.1) is 0 Å². The lowest BCUT2D eigenvalue weighted by Gasteiger charge is -2.44. The minimum absolute atomic E-state index is 0.00943. The van der Waals surface area contributed by atoms with Crippen molar-refractivity contribution in [3.8, 4) is 11.1 Å². The van der Waals surface area contributed by atoms with Crippen LogP contribution in [0.25, 0.3) is 11.1 Å². The van der Waals surface area contributed by atoms with Crippen LogP contribution in [0, 0.1) is 0 Å². The van der Waals surface area contributed by atoms with E-state index in [-0.39, 0.29) is 6.04 Å². The van der Waals surface area contributed by atoms with Gasteiger partial charge in [0.15, 0.2) is 11.7 Å². The number of likely N-dealkylation sites (N-methyl/N-ethyl adjacent to an activating group) is 1. The zero-order valence-electron chi connectivity index (χ0n) is 18.9. The van der Waals surface area contributed by atoms with E-state index in [4.69, 9.17) is 4.74 Å². The van der Waals surface area contributed by atoms with Gasteiger partial charge < -0.3 is 14.3 Å². The number of likely N-dealkylation sites (tertiary alicyclic amines) is 1.